The smallest absolute Gasteiger partial charge is 0.327 e. The number of carbonyl (C=O) groups excluding carboxylic acids is 1. The Bertz CT molecular complexity index is 340. The fourth-order valence-electron chi connectivity index (χ4n) is 3.32. The second-order valence-corrected chi connectivity index (χ2v) is 6.18. The highest BCUT2D eigenvalue weighted by Gasteiger charge is 2.52. The SMILES string of the molecule is CCOC(=O)C(CN(CC)CC1CCCO1)(NC)C1CC1. The summed E-state index contributed by atoms with van der Waals surface area (Å²) in [6.07, 6.45) is 4.82. The van der Waals surface area contributed by atoms with Gasteiger partial charge in [0.1, 0.15) is 5.54 Å². The van der Waals surface area contributed by atoms with Crippen molar-refractivity contribution < 1.29 is 14.3 Å². The topological polar surface area (TPSA) is 50.8 Å². The summed E-state index contributed by atoms with van der Waals surface area (Å²) in [5.74, 6) is 0.306. The zero-order valence-corrected chi connectivity index (χ0v) is 13.7. The summed E-state index contributed by atoms with van der Waals surface area (Å²) in [6.45, 7) is 7.88. The molecule has 5 heteroatoms. The van der Waals surface area contributed by atoms with Crippen LogP contribution in [0.5, 0.6) is 0 Å². The van der Waals surface area contributed by atoms with Crippen molar-refractivity contribution in [2.75, 3.05) is 39.9 Å². The predicted octanol–water partition coefficient (Wildman–Crippen LogP) is 1.42. The zero-order chi connectivity index (χ0) is 15.3. The molecule has 2 aliphatic rings. The van der Waals surface area contributed by atoms with Crippen molar-refractivity contribution in [3.05, 3.63) is 0 Å². The minimum atomic E-state index is -0.551. The van der Waals surface area contributed by atoms with Crippen LogP contribution < -0.4 is 5.32 Å². The van der Waals surface area contributed by atoms with E-state index in [0.29, 0.717) is 25.2 Å². The molecule has 1 aliphatic heterocycles. The molecule has 2 atom stereocenters. The molecule has 2 fully saturated rings. The van der Waals surface area contributed by atoms with E-state index in [1.807, 2.05) is 14.0 Å². The highest BCUT2D eigenvalue weighted by molar-refractivity contribution is 5.82. The fourth-order valence-corrected chi connectivity index (χ4v) is 3.32. The number of hydrogen-bond donors (Lipinski definition) is 1. The van der Waals surface area contributed by atoms with Gasteiger partial charge in [-0.1, -0.05) is 6.92 Å². The van der Waals surface area contributed by atoms with Crippen molar-refractivity contribution in [3.63, 3.8) is 0 Å². The van der Waals surface area contributed by atoms with Crippen molar-refractivity contribution in [3.8, 4) is 0 Å². The van der Waals surface area contributed by atoms with Crippen LogP contribution in [0.3, 0.4) is 0 Å². The fraction of sp³-hybridized carbons (Fsp3) is 0.938. The van der Waals surface area contributed by atoms with Crippen LogP contribution in [0.25, 0.3) is 0 Å². The molecule has 21 heavy (non-hydrogen) atoms. The molecule has 5 nitrogen and oxygen atoms in total. The third-order valence-electron chi connectivity index (χ3n) is 4.77. The second-order valence-electron chi connectivity index (χ2n) is 6.18. The maximum Gasteiger partial charge on any atom is 0.327 e. The average molecular weight is 298 g/mol. The summed E-state index contributed by atoms with van der Waals surface area (Å²) in [5, 5.41) is 3.29. The first-order chi connectivity index (χ1) is 10.2. The molecule has 0 spiro atoms. The molecule has 2 unspecified atom stereocenters. The van der Waals surface area contributed by atoms with Crippen LogP contribution in [0.4, 0.5) is 0 Å². The van der Waals surface area contributed by atoms with E-state index in [9.17, 15) is 4.79 Å². The Hall–Kier alpha value is -0.650. The van der Waals surface area contributed by atoms with Gasteiger partial charge >= 0.3 is 5.97 Å². The highest BCUT2D eigenvalue weighted by atomic mass is 16.5. The summed E-state index contributed by atoms with van der Waals surface area (Å²) in [5.41, 5.74) is -0.551. The number of rotatable bonds is 9. The summed E-state index contributed by atoms with van der Waals surface area (Å²) in [7, 11) is 1.88. The maximum absolute atomic E-state index is 12.5. The van der Waals surface area contributed by atoms with Gasteiger partial charge in [0, 0.05) is 19.7 Å². The monoisotopic (exact) mass is 298 g/mol. The summed E-state index contributed by atoms with van der Waals surface area (Å²) < 4.78 is 11.1. The van der Waals surface area contributed by atoms with Gasteiger partial charge < -0.3 is 14.8 Å². The molecule has 1 aliphatic carbocycles. The molecule has 1 saturated heterocycles. The highest BCUT2D eigenvalue weighted by Crippen LogP contribution is 2.41. The summed E-state index contributed by atoms with van der Waals surface area (Å²) in [4.78, 5) is 14.9. The van der Waals surface area contributed by atoms with E-state index in [1.54, 1.807) is 0 Å². The quantitative estimate of drug-likeness (QED) is 0.652. The molecule has 1 heterocycles. The van der Waals surface area contributed by atoms with Gasteiger partial charge in [0.05, 0.1) is 12.7 Å². The van der Waals surface area contributed by atoms with Crippen molar-refractivity contribution in [2.45, 2.75) is 51.2 Å². The molecule has 0 amide bonds. The van der Waals surface area contributed by atoms with E-state index in [1.165, 1.54) is 0 Å². The number of nitrogens with one attached hydrogen (secondary N) is 1. The molecular weight excluding hydrogens is 268 g/mol. The minimum Gasteiger partial charge on any atom is -0.465 e. The minimum absolute atomic E-state index is 0.0965. The zero-order valence-electron chi connectivity index (χ0n) is 13.7. The van der Waals surface area contributed by atoms with Crippen LogP contribution in [0, 0.1) is 5.92 Å². The Morgan fingerprint density at radius 2 is 2.14 bits per heavy atom. The van der Waals surface area contributed by atoms with Crippen LogP contribution in [0.2, 0.25) is 0 Å². The van der Waals surface area contributed by atoms with Crippen LogP contribution >= 0.6 is 0 Å². The lowest BCUT2D eigenvalue weighted by molar-refractivity contribution is -0.153. The van der Waals surface area contributed by atoms with Gasteiger partial charge in [-0.05, 0) is 52.1 Å². The Kier molecular flexibility index (Phi) is 6.02. The number of nitrogens with zero attached hydrogens (tertiary/aromatic N) is 1. The first kappa shape index (κ1) is 16.7. The van der Waals surface area contributed by atoms with Crippen molar-refractivity contribution >= 4 is 5.97 Å². The largest absolute Gasteiger partial charge is 0.465 e. The Morgan fingerprint density at radius 1 is 1.38 bits per heavy atom. The van der Waals surface area contributed by atoms with Crippen LogP contribution in [-0.2, 0) is 14.3 Å². The molecule has 2 rings (SSSR count). The van der Waals surface area contributed by atoms with Crippen molar-refractivity contribution in [1.82, 2.24) is 10.2 Å². The Labute approximate surface area is 128 Å². The van der Waals surface area contributed by atoms with Crippen LogP contribution in [0.1, 0.15) is 39.5 Å². The summed E-state index contributed by atoms with van der Waals surface area (Å²) in [6, 6.07) is 0. The number of ether oxygens (including phenoxy) is 2. The van der Waals surface area contributed by atoms with Crippen molar-refractivity contribution in [1.29, 1.82) is 0 Å². The Balaban J connectivity index is 2.02. The van der Waals surface area contributed by atoms with Crippen LogP contribution in [-0.4, -0.2) is 62.4 Å². The molecule has 0 radical (unpaired) electrons. The van der Waals surface area contributed by atoms with E-state index >= 15 is 0 Å². The number of carbonyl (C=O) groups is 1. The molecule has 0 bridgehead atoms. The van der Waals surface area contributed by atoms with Gasteiger partial charge in [-0.3, -0.25) is 4.90 Å². The lowest BCUT2D eigenvalue weighted by atomic mass is 9.92. The first-order valence-corrected chi connectivity index (χ1v) is 8.36. The van der Waals surface area contributed by atoms with Gasteiger partial charge in [0.25, 0.3) is 0 Å². The van der Waals surface area contributed by atoms with Crippen molar-refractivity contribution in [2.24, 2.45) is 5.92 Å². The maximum atomic E-state index is 12.5. The van der Waals surface area contributed by atoms with E-state index in [2.05, 4.69) is 17.1 Å². The number of esters is 1. The van der Waals surface area contributed by atoms with E-state index in [4.69, 9.17) is 9.47 Å². The van der Waals surface area contributed by atoms with Gasteiger partial charge in [-0.2, -0.15) is 0 Å². The number of likely N-dealkylation sites (N-methyl/N-ethyl adjacent to an activating group) is 2. The summed E-state index contributed by atoms with van der Waals surface area (Å²) >= 11 is 0. The Morgan fingerprint density at radius 3 is 2.62 bits per heavy atom. The molecule has 0 aromatic heterocycles. The van der Waals surface area contributed by atoms with Gasteiger partial charge in [0.2, 0.25) is 0 Å². The molecule has 1 saturated carbocycles. The van der Waals surface area contributed by atoms with Gasteiger partial charge in [-0.25, -0.2) is 4.79 Å². The first-order valence-electron chi connectivity index (χ1n) is 8.36. The molecule has 122 valence electrons. The van der Waals surface area contributed by atoms with E-state index in [0.717, 1.165) is 45.4 Å². The van der Waals surface area contributed by atoms with E-state index < -0.39 is 5.54 Å². The lowest BCUT2D eigenvalue weighted by Crippen LogP contribution is -2.60. The predicted molar refractivity (Wildman–Crippen MR) is 82.2 cm³/mol. The average Bonchev–Trinajstić information content (AvgIpc) is 3.22. The molecular formula is C16H30N2O3. The molecule has 0 aromatic carbocycles. The van der Waals surface area contributed by atoms with Crippen LogP contribution in [0.15, 0.2) is 0 Å². The molecule has 0 aromatic rings. The van der Waals surface area contributed by atoms with Gasteiger partial charge in [0.15, 0.2) is 0 Å². The van der Waals surface area contributed by atoms with Gasteiger partial charge in [-0.15, -0.1) is 0 Å². The normalized spacial score (nSPS) is 25.0. The second kappa shape index (κ2) is 7.56. The standard InChI is InChI=1S/C16H30N2O3/c1-4-18(11-14-7-6-10-21-14)12-16(17-3,13-8-9-13)15(19)20-5-2/h13-14,17H,4-12H2,1-3H3. The lowest BCUT2D eigenvalue weighted by Gasteiger charge is -2.37. The molecule has 1 N–H and O–H groups in total. The third kappa shape index (κ3) is 3.96. The van der Waals surface area contributed by atoms with E-state index in [-0.39, 0.29) is 5.97 Å². The third-order valence-corrected chi connectivity index (χ3v) is 4.77. The number of hydrogen-bond acceptors (Lipinski definition) is 5.